The lowest BCUT2D eigenvalue weighted by Crippen LogP contribution is -2.17. The Balaban J connectivity index is 1.99. The van der Waals surface area contributed by atoms with Gasteiger partial charge < -0.3 is 10.6 Å². The summed E-state index contributed by atoms with van der Waals surface area (Å²) in [6, 6.07) is 8.82. The maximum absolute atomic E-state index is 12.0. The van der Waals surface area contributed by atoms with E-state index in [-0.39, 0.29) is 17.7 Å². The number of carbonyl (C=O) groups excluding carboxylic acids is 2. The van der Waals surface area contributed by atoms with Crippen molar-refractivity contribution in [3.8, 4) is 0 Å². The Morgan fingerprint density at radius 2 is 1.67 bits per heavy atom. The number of rotatable bonds is 4. The minimum absolute atomic E-state index is 0.0325. The number of nitrogens with one attached hydrogen (secondary N) is 2. The Hall–Kier alpha value is -1.66. The van der Waals surface area contributed by atoms with Crippen LogP contribution in [-0.2, 0) is 4.79 Å². The van der Waals surface area contributed by atoms with Crippen LogP contribution < -0.4 is 10.6 Å². The van der Waals surface area contributed by atoms with Gasteiger partial charge in [-0.05, 0) is 46.3 Å². The van der Waals surface area contributed by atoms with Crippen molar-refractivity contribution in [2.45, 2.75) is 13.8 Å². The summed E-state index contributed by atoms with van der Waals surface area (Å²) in [5, 5.41) is 7.40. The number of benzene rings is 1. The fraction of sp³-hybridized carbons (Fsp3) is 0.200. The van der Waals surface area contributed by atoms with Crippen LogP contribution in [0.15, 0.2) is 39.5 Å². The van der Waals surface area contributed by atoms with E-state index in [4.69, 9.17) is 0 Å². The van der Waals surface area contributed by atoms with Crippen LogP contribution in [0.3, 0.4) is 0 Å². The van der Waals surface area contributed by atoms with Crippen LogP contribution in [0.1, 0.15) is 24.2 Å². The van der Waals surface area contributed by atoms with Gasteiger partial charge in [0.15, 0.2) is 0 Å². The minimum Gasteiger partial charge on any atom is -0.326 e. The summed E-state index contributed by atoms with van der Waals surface area (Å²) in [7, 11) is 0. The van der Waals surface area contributed by atoms with Gasteiger partial charge in [0.25, 0.3) is 5.91 Å². The Morgan fingerprint density at radius 1 is 1.10 bits per heavy atom. The standard InChI is InChI=1S/C15H15BrN2O2S/c1-9(2)14(19)17-11-3-5-12(6-4-11)18-15(20)10-7-13(16)21-8-10/h3-9H,1-2H3,(H,17,19)(H,18,20). The number of hydrogen-bond donors (Lipinski definition) is 2. The molecule has 1 aromatic carbocycles. The van der Waals surface area contributed by atoms with Gasteiger partial charge in [0.2, 0.25) is 5.91 Å². The highest BCUT2D eigenvalue weighted by molar-refractivity contribution is 9.11. The second kappa shape index (κ2) is 6.87. The second-order valence-electron chi connectivity index (χ2n) is 4.81. The predicted octanol–water partition coefficient (Wildman–Crippen LogP) is 4.36. The molecule has 0 unspecified atom stereocenters. The van der Waals surface area contributed by atoms with Crippen molar-refractivity contribution < 1.29 is 9.59 Å². The fourth-order valence-electron chi connectivity index (χ4n) is 1.56. The first-order valence-corrected chi connectivity index (χ1v) is 8.09. The summed E-state index contributed by atoms with van der Waals surface area (Å²) in [5.41, 5.74) is 2.01. The lowest BCUT2D eigenvalue weighted by atomic mass is 10.2. The quantitative estimate of drug-likeness (QED) is 0.844. The molecule has 0 aliphatic rings. The smallest absolute Gasteiger partial charge is 0.256 e. The van der Waals surface area contributed by atoms with Crippen molar-refractivity contribution in [2.75, 3.05) is 10.6 Å². The number of carbonyl (C=O) groups is 2. The molecule has 0 radical (unpaired) electrons. The third-order valence-electron chi connectivity index (χ3n) is 2.76. The number of halogens is 1. The van der Waals surface area contributed by atoms with Crippen LogP contribution in [0.5, 0.6) is 0 Å². The Morgan fingerprint density at radius 3 is 2.14 bits per heavy atom. The minimum atomic E-state index is -0.157. The Kier molecular flexibility index (Phi) is 5.14. The van der Waals surface area contributed by atoms with Gasteiger partial charge in [-0.25, -0.2) is 0 Å². The highest BCUT2D eigenvalue weighted by Crippen LogP contribution is 2.22. The molecule has 0 saturated heterocycles. The van der Waals surface area contributed by atoms with E-state index in [1.807, 2.05) is 13.8 Å². The van der Waals surface area contributed by atoms with Crippen LogP contribution in [0.2, 0.25) is 0 Å². The van der Waals surface area contributed by atoms with E-state index in [0.29, 0.717) is 16.9 Å². The highest BCUT2D eigenvalue weighted by atomic mass is 79.9. The second-order valence-corrected chi connectivity index (χ2v) is 7.11. The van der Waals surface area contributed by atoms with Gasteiger partial charge in [-0.2, -0.15) is 0 Å². The molecule has 0 fully saturated rings. The highest BCUT2D eigenvalue weighted by Gasteiger charge is 2.09. The summed E-state index contributed by atoms with van der Waals surface area (Å²) in [6.07, 6.45) is 0. The van der Waals surface area contributed by atoms with E-state index in [1.54, 1.807) is 35.7 Å². The van der Waals surface area contributed by atoms with Gasteiger partial charge in [0.1, 0.15) is 0 Å². The number of amides is 2. The topological polar surface area (TPSA) is 58.2 Å². The van der Waals surface area contributed by atoms with Gasteiger partial charge in [-0.1, -0.05) is 13.8 Å². The summed E-state index contributed by atoms with van der Waals surface area (Å²) in [5.74, 6) is -0.257. The van der Waals surface area contributed by atoms with E-state index in [1.165, 1.54) is 11.3 Å². The van der Waals surface area contributed by atoms with Crippen molar-refractivity contribution in [3.63, 3.8) is 0 Å². The largest absolute Gasteiger partial charge is 0.326 e. The molecular weight excluding hydrogens is 352 g/mol. The van der Waals surface area contributed by atoms with Crippen molar-refractivity contribution in [1.82, 2.24) is 0 Å². The third-order valence-corrected chi connectivity index (χ3v) is 4.27. The van der Waals surface area contributed by atoms with E-state index in [2.05, 4.69) is 26.6 Å². The molecule has 2 amide bonds. The van der Waals surface area contributed by atoms with E-state index >= 15 is 0 Å². The van der Waals surface area contributed by atoms with Crippen molar-refractivity contribution >= 4 is 50.5 Å². The average Bonchev–Trinajstić information content (AvgIpc) is 2.87. The summed E-state index contributed by atoms with van der Waals surface area (Å²) in [4.78, 5) is 23.6. The average molecular weight is 367 g/mol. The molecule has 0 aliphatic carbocycles. The van der Waals surface area contributed by atoms with Gasteiger partial charge in [0.05, 0.1) is 9.35 Å². The van der Waals surface area contributed by atoms with Crippen LogP contribution in [-0.4, -0.2) is 11.8 Å². The Bertz CT molecular complexity index is 650. The number of hydrogen-bond acceptors (Lipinski definition) is 3. The van der Waals surface area contributed by atoms with Crippen molar-refractivity contribution in [2.24, 2.45) is 5.92 Å². The van der Waals surface area contributed by atoms with Gasteiger partial charge >= 0.3 is 0 Å². The Labute approximate surface area is 135 Å². The van der Waals surface area contributed by atoms with Crippen LogP contribution >= 0.6 is 27.3 Å². The molecule has 2 rings (SSSR count). The summed E-state index contributed by atoms with van der Waals surface area (Å²) in [6.45, 7) is 3.67. The molecular formula is C15H15BrN2O2S. The SMILES string of the molecule is CC(C)C(=O)Nc1ccc(NC(=O)c2csc(Br)c2)cc1. The van der Waals surface area contributed by atoms with E-state index in [9.17, 15) is 9.59 Å². The molecule has 0 spiro atoms. The predicted molar refractivity (Wildman–Crippen MR) is 89.9 cm³/mol. The molecule has 110 valence electrons. The first-order chi connectivity index (χ1) is 9.95. The van der Waals surface area contributed by atoms with Crippen LogP contribution in [0.25, 0.3) is 0 Å². The molecule has 0 saturated carbocycles. The molecule has 2 N–H and O–H groups in total. The zero-order chi connectivity index (χ0) is 15.4. The zero-order valence-corrected chi connectivity index (χ0v) is 14.0. The van der Waals surface area contributed by atoms with Crippen molar-refractivity contribution in [3.05, 3.63) is 45.1 Å². The number of thiophene rings is 1. The van der Waals surface area contributed by atoms with Crippen LogP contribution in [0.4, 0.5) is 11.4 Å². The molecule has 21 heavy (non-hydrogen) atoms. The summed E-state index contributed by atoms with van der Waals surface area (Å²) >= 11 is 4.79. The summed E-state index contributed by atoms with van der Waals surface area (Å²) < 4.78 is 0.916. The molecule has 1 heterocycles. The molecule has 1 aromatic heterocycles. The first kappa shape index (κ1) is 15.7. The normalized spacial score (nSPS) is 10.5. The molecule has 0 aliphatic heterocycles. The lowest BCUT2D eigenvalue weighted by Gasteiger charge is -2.09. The molecule has 0 atom stereocenters. The third kappa shape index (κ3) is 4.41. The maximum atomic E-state index is 12.0. The van der Waals surface area contributed by atoms with E-state index in [0.717, 1.165) is 3.79 Å². The molecule has 2 aromatic rings. The monoisotopic (exact) mass is 366 g/mol. The fourth-order valence-corrected chi connectivity index (χ4v) is 2.69. The molecule has 4 nitrogen and oxygen atoms in total. The van der Waals surface area contributed by atoms with Gasteiger partial charge in [0, 0.05) is 22.7 Å². The maximum Gasteiger partial charge on any atom is 0.256 e. The van der Waals surface area contributed by atoms with Gasteiger partial charge in [-0.3, -0.25) is 9.59 Å². The van der Waals surface area contributed by atoms with Crippen LogP contribution in [0, 0.1) is 5.92 Å². The number of anilines is 2. The molecule has 0 bridgehead atoms. The zero-order valence-electron chi connectivity index (χ0n) is 11.6. The van der Waals surface area contributed by atoms with Gasteiger partial charge in [-0.15, -0.1) is 11.3 Å². The van der Waals surface area contributed by atoms with E-state index < -0.39 is 0 Å². The lowest BCUT2D eigenvalue weighted by molar-refractivity contribution is -0.118. The molecule has 6 heteroatoms. The van der Waals surface area contributed by atoms with Crippen molar-refractivity contribution in [1.29, 1.82) is 0 Å². The first-order valence-electron chi connectivity index (χ1n) is 6.42.